The van der Waals surface area contributed by atoms with Crippen molar-refractivity contribution in [2.24, 2.45) is 0 Å². The molecule has 1 atom stereocenters. The normalized spacial score (nSPS) is 15.9. The molecule has 0 radical (unpaired) electrons. The summed E-state index contributed by atoms with van der Waals surface area (Å²) < 4.78 is 11.4. The van der Waals surface area contributed by atoms with E-state index in [4.69, 9.17) is 9.47 Å². The Kier molecular flexibility index (Phi) is 9.93. The number of ether oxygens (including phenoxy) is 2. The molecule has 5 heteroatoms. The first-order chi connectivity index (χ1) is 17.6. The van der Waals surface area contributed by atoms with Gasteiger partial charge in [-0.2, -0.15) is 0 Å². The maximum absolute atomic E-state index is 10.5. The van der Waals surface area contributed by atoms with E-state index in [9.17, 15) is 5.11 Å². The lowest BCUT2D eigenvalue weighted by Crippen LogP contribution is -2.50. The number of nitrogens with zero attached hydrogens (tertiary/aromatic N) is 2. The van der Waals surface area contributed by atoms with Gasteiger partial charge in [-0.1, -0.05) is 86.6 Å². The minimum Gasteiger partial charge on any atom is -0.491 e. The fraction of sp³-hybridized carbons (Fsp3) is 0.419. The Bertz CT molecular complexity index is 964. The topological polar surface area (TPSA) is 45.2 Å². The Labute approximate surface area is 216 Å². The molecular formula is C31H40N2O3. The summed E-state index contributed by atoms with van der Waals surface area (Å²) in [6, 6.07) is 30.0. The molecular weight excluding hydrogens is 448 g/mol. The highest BCUT2D eigenvalue weighted by molar-refractivity contribution is 5.32. The average Bonchev–Trinajstić information content (AvgIpc) is 2.91. The predicted molar refractivity (Wildman–Crippen MR) is 146 cm³/mol. The molecule has 1 aliphatic rings. The molecule has 5 nitrogen and oxygen atoms in total. The second-order valence-corrected chi connectivity index (χ2v) is 9.86. The van der Waals surface area contributed by atoms with E-state index in [0.717, 1.165) is 31.9 Å². The number of aliphatic hydroxyl groups is 1. The molecule has 0 unspecified atom stereocenters. The lowest BCUT2D eigenvalue weighted by molar-refractivity contribution is -0.00191. The molecule has 0 spiro atoms. The standard InChI is InChI=1S/C31H40N2O3/c1-25(2)26-13-15-30(16-14-26)36-22-21-35-24-29(34)23-32-17-19-33(20-18-32)31(27-9-5-3-6-10-27)28-11-7-4-8-12-28/h3-16,25,29,31,34H,17-24H2,1-2H3/t29-/m1/s1. The summed E-state index contributed by atoms with van der Waals surface area (Å²) in [7, 11) is 0. The summed E-state index contributed by atoms with van der Waals surface area (Å²) in [5.74, 6) is 1.37. The molecule has 0 aromatic heterocycles. The Morgan fingerprint density at radius 3 is 1.86 bits per heavy atom. The van der Waals surface area contributed by atoms with E-state index >= 15 is 0 Å². The Morgan fingerprint density at radius 1 is 0.722 bits per heavy atom. The van der Waals surface area contributed by atoms with Gasteiger partial charge in [0, 0.05) is 32.7 Å². The second kappa shape index (κ2) is 13.6. The largest absolute Gasteiger partial charge is 0.491 e. The third-order valence-electron chi connectivity index (χ3n) is 6.83. The molecule has 0 aliphatic carbocycles. The summed E-state index contributed by atoms with van der Waals surface area (Å²) in [4.78, 5) is 4.89. The smallest absolute Gasteiger partial charge is 0.119 e. The van der Waals surface area contributed by atoms with Crippen molar-refractivity contribution in [1.29, 1.82) is 0 Å². The van der Waals surface area contributed by atoms with Crippen molar-refractivity contribution >= 4 is 0 Å². The van der Waals surface area contributed by atoms with Crippen LogP contribution < -0.4 is 4.74 Å². The van der Waals surface area contributed by atoms with Crippen LogP contribution in [0.1, 0.15) is 42.5 Å². The van der Waals surface area contributed by atoms with Gasteiger partial charge in [0.1, 0.15) is 12.4 Å². The quantitative estimate of drug-likeness (QED) is 0.365. The second-order valence-electron chi connectivity index (χ2n) is 9.86. The first kappa shape index (κ1) is 26.4. The van der Waals surface area contributed by atoms with E-state index in [0.29, 0.717) is 32.3 Å². The van der Waals surface area contributed by atoms with E-state index in [2.05, 4.69) is 96.4 Å². The number of aliphatic hydroxyl groups excluding tert-OH is 1. The highest BCUT2D eigenvalue weighted by atomic mass is 16.5. The van der Waals surface area contributed by atoms with Crippen LogP contribution in [0, 0.1) is 0 Å². The molecule has 4 rings (SSSR count). The van der Waals surface area contributed by atoms with Gasteiger partial charge in [-0.3, -0.25) is 9.80 Å². The van der Waals surface area contributed by atoms with Crippen LogP contribution in [0.5, 0.6) is 5.75 Å². The lowest BCUT2D eigenvalue weighted by atomic mass is 9.96. The van der Waals surface area contributed by atoms with Gasteiger partial charge < -0.3 is 14.6 Å². The van der Waals surface area contributed by atoms with Crippen LogP contribution in [-0.4, -0.2) is 73.6 Å². The SMILES string of the molecule is CC(C)c1ccc(OCCOC[C@H](O)CN2CCN(C(c3ccccc3)c3ccccc3)CC2)cc1. The van der Waals surface area contributed by atoms with Crippen LogP contribution in [0.15, 0.2) is 84.9 Å². The molecule has 3 aromatic carbocycles. The van der Waals surface area contributed by atoms with Gasteiger partial charge in [0.15, 0.2) is 0 Å². The van der Waals surface area contributed by atoms with Crippen molar-refractivity contribution in [3.05, 3.63) is 102 Å². The van der Waals surface area contributed by atoms with Gasteiger partial charge in [0.05, 0.1) is 25.4 Å². The number of piperazine rings is 1. The van der Waals surface area contributed by atoms with Crippen LogP contribution >= 0.6 is 0 Å². The van der Waals surface area contributed by atoms with Crippen LogP contribution in [0.4, 0.5) is 0 Å². The fourth-order valence-corrected chi connectivity index (χ4v) is 4.83. The molecule has 0 saturated carbocycles. The Hall–Kier alpha value is -2.70. The molecule has 1 aliphatic heterocycles. The van der Waals surface area contributed by atoms with Gasteiger partial charge in [-0.05, 0) is 34.7 Å². The van der Waals surface area contributed by atoms with Crippen molar-refractivity contribution in [2.45, 2.75) is 31.9 Å². The number of β-amino-alcohol motifs (C(OH)–C–C–N with tert-alkyl or cyclic N) is 1. The van der Waals surface area contributed by atoms with Gasteiger partial charge in [-0.15, -0.1) is 0 Å². The summed E-state index contributed by atoms with van der Waals surface area (Å²) in [5, 5.41) is 10.5. The Balaban J connectivity index is 1.17. The zero-order valence-corrected chi connectivity index (χ0v) is 21.6. The van der Waals surface area contributed by atoms with Crippen molar-refractivity contribution < 1.29 is 14.6 Å². The van der Waals surface area contributed by atoms with E-state index < -0.39 is 6.10 Å². The maximum atomic E-state index is 10.5. The van der Waals surface area contributed by atoms with E-state index in [1.165, 1.54) is 16.7 Å². The molecule has 0 bridgehead atoms. The summed E-state index contributed by atoms with van der Waals surface area (Å²) in [6.07, 6.45) is -0.499. The number of hydrogen-bond donors (Lipinski definition) is 1. The molecule has 36 heavy (non-hydrogen) atoms. The molecule has 1 fully saturated rings. The zero-order valence-electron chi connectivity index (χ0n) is 21.6. The maximum Gasteiger partial charge on any atom is 0.119 e. The van der Waals surface area contributed by atoms with Crippen LogP contribution in [0.3, 0.4) is 0 Å². The minimum absolute atomic E-state index is 0.254. The minimum atomic E-state index is -0.499. The first-order valence-electron chi connectivity index (χ1n) is 13.1. The highest BCUT2D eigenvalue weighted by Gasteiger charge is 2.27. The van der Waals surface area contributed by atoms with Crippen molar-refractivity contribution in [3.63, 3.8) is 0 Å². The lowest BCUT2D eigenvalue weighted by Gasteiger charge is -2.40. The van der Waals surface area contributed by atoms with Crippen LogP contribution in [0.25, 0.3) is 0 Å². The summed E-state index contributed by atoms with van der Waals surface area (Å²) in [6.45, 7) is 10.1. The molecule has 0 amide bonds. The zero-order chi connectivity index (χ0) is 25.2. The summed E-state index contributed by atoms with van der Waals surface area (Å²) in [5.41, 5.74) is 3.95. The first-order valence-corrected chi connectivity index (χ1v) is 13.1. The molecule has 1 saturated heterocycles. The van der Waals surface area contributed by atoms with Gasteiger partial charge >= 0.3 is 0 Å². The van der Waals surface area contributed by atoms with Crippen LogP contribution in [-0.2, 0) is 4.74 Å². The van der Waals surface area contributed by atoms with E-state index in [-0.39, 0.29) is 6.04 Å². The number of hydrogen-bond acceptors (Lipinski definition) is 5. The average molecular weight is 489 g/mol. The third kappa shape index (κ3) is 7.65. The van der Waals surface area contributed by atoms with Gasteiger partial charge in [-0.25, -0.2) is 0 Å². The van der Waals surface area contributed by atoms with E-state index in [1.807, 2.05) is 12.1 Å². The third-order valence-corrected chi connectivity index (χ3v) is 6.83. The number of benzene rings is 3. The number of rotatable bonds is 12. The van der Waals surface area contributed by atoms with Crippen molar-refractivity contribution in [2.75, 3.05) is 52.5 Å². The van der Waals surface area contributed by atoms with Gasteiger partial charge in [0.25, 0.3) is 0 Å². The van der Waals surface area contributed by atoms with Crippen LogP contribution in [0.2, 0.25) is 0 Å². The summed E-state index contributed by atoms with van der Waals surface area (Å²) >= 11 is 0. The van der Waals surface area contributed by atoms with Crippen molar-refractivity contribution in [1.82, 2.24) is 9.80 Å². The molecule has 1 N–H and O–H groups in total. The Morgan fingerprint density at radius 2 is 1.31 bits per heavy atom. The molecule has 1 heterocycles. The van der Waals surface area contributed by atoms with E-state index in [1.54, 1.807) is 0 Å². The molecule has 192 valence electrons. The van der Waals surface area contributed by atoms with Crippen molar-refractivity contribution in [3.8, 4) is 5.75 Å². The monoisotopic (exact) mass is 488 g/mol. The predicted octanol–water partition coefficient (Wildman–Crippen LogP) is 4.97. The highest BCUT2D eigenvalue weighted by Crippen LogP contribution is 2.29. The molecule has 3 aromatic rings. The van der Waals surface area contributed by atoms with Gasteiger partial charge in [0.2, 0.25) is 0 Å². The fourth-order valence-electron chi connectivity index (χ4n) is 4.83.